The molecule has 2 nitrogen and oxygen atoms in total. The lowest BCUT2D eigenvalue weighted by Crippen LogP contribution is -2.17. The van der Waals surface area contributed by atoms with Crippen molar-refractivity contribution in [2.45, 2.75) is 6.42 Å². The maximum atomic E-state index is 8.62. The monoisotopic (exact) mass is 388 g/mol. The quantitative estimate of drug-likeness (QED) is 0.543. The fourth-order valence-corrected chi connectivity index (χ4v) is 2.31. The molecule has 2 aromatic carbocycles. The highest BCUT2D eigenvalue weighted by Crippen LogP contribution is 2.16. The molecule has 0 radical (unpaired) electrons. The van der Waals surface area contributed by atoms with Crippen LogP contribution in [0.15, 0.2) is 48.5 Å². The number of hydrogen-bond acceptors (Lipinski definition) is 2. The average molecular weight is 388 g/mol. The Labute approximate surface area is 139 Å². The zero-order valence-corrected chi connectivity index (χ0v) is 14.1. The lowest BCUT2D eigenvalue weighted by Gasteiger charge is -2.17. The molecule has 2 rings (SSSR count). The molecule has 0 saturated carbocycles. The Morgan fingerprint density at radius 3 is 2.05 bits per heavy atom. The highest BCUT2D eigenvalue weighted by molar-refractivity contribution is 14.1. The van der Waals surface area contributed by atoms with Crippen LogP contribution in [0.3, 0.4) is 0 Å². The topological polar surface area (TPSA) is 27.0 Å². The van der Waals surface area contributed by atoms with Gasteiger partial charge in [0.2, 0.25) is 0 Å². The predicted octanol–water partition coefficient (Wildman–Crippen LogP) is 4.81. The van der Waals surface area contributed by atoms with E-state index in [1.165, 1.54) is 14.7 Å². The van der Waals surface area contributed by atoms with Crippen LogP contribution in [0, 0.1) is 14.9 Å². The second-order valence-corrected chi connectivity index (χ2v) is 6.05. The standard InChI is InChI=1S/C18H17IN2/c1-21(14-2-13-20)18-11-7-16(8-12-18)4-3-15-5-9-17(19)10-6-15/h3-12H,2,14H2,1H3/b4-3+. The van der Waals surface area contributed by atoms with Crippen LogP contribution in [0.2, 0.25) is 0 Å². The number of anilines is 1. The molecular formula is C18H17IN2. The van der Waals surface area contributed by atoms with Crippen LogP contribution in [0.4, 0.5) is 5.69 Å². The van der Waals surface area contributed by atoms with Gasteiger partial charge in [-0.1, -0.05) is 36.4 Å². The predicted molar refractivity (Wildman–Crippen MR) is 98.0 cm³/mol. The van der Waals surface area contributed by atoms with Gasteiger partial charge < -0.3 is 4.90 Å². The highest BCUT2D eigenvalue weighted by atomic mass is 127. The Morgan fingerprint density at radius 2 is 1.52 bits per heavy atom. The minimum absolute atomic E-state index is 0.547. The number of nitrogens with zero attached hydrogens (tertiary/aromatic N) is 2. The maximum absolute atomic E-state index is 8.62. The normalized spacial score (nSPS) is 10.5. The van der Waals surface area contributed by atoms with Gasteiger partial charge in [-0.2, -0.15) is 5.26 Å². The summed E-state index contributed by atoms with van der Waals surface area (Å²) in [6.45, 7) is 0.758. The number of benzene rings is 2. The Kier molecular flexibility index (Phi) is 5.82. The van der Waals surface area contributed by atoms with E-state index in [0.717, 1.165) is 12.2 Å². The molecule has 0 N–H and O–H groups in total. The first-order chi connectivity index (χ1) is 10.2. The SMILES string of the molecule is CN(CCC#N)c1ccc(/C=C/c2ccc(I)cc2)cc1. The zero-order chi connectivity index (χ0) is 15.1. The highest BCUT2D eigenvalue weighted by Gasteiger charge is 1.99. The van der Waals surface area contributed by atoms with E-state index in [9.17, 15) is 0 Å². The molecule has 0 spiro atoms. The van der Waals surface area contributed by atoms with Crippen molar-refractivity contribution >= 4 is 40.4 Å². The van der Waals surface area contributed by atoms with Gasteiger partial charge in [-0.15, -0.1) is 0 Å². The van der Waals surface area contributed by atoms with E-state index < -0.39 is 0 Å². The summed E-state index contributed by atoms with van der Waals surface area (Å²) in [5.41, 5.74) is 3.51. The number of hydrogen-bond donors (Lipinski definition) is 0. The molecule has 0 aliphatic heterocycles. The Hall–Kier alpha value is -1.80. The van der Waals surface area contributed by atoms with E-state index in [4.69, 9.17) is 5.26 Å². The van der Waals surface area contributed by atoms with Gasteiger partial charge in [-0.05, 0) is 58.0 Å². The molecule has 0 saturated heterocycles. The van der Waals surface area contributed by atoms with Crippen molar-refractivity contribution in [3.05, 3.63) is 63.2 Å². The van der Waals surface area contributed by atoms with Crippen LogP contribution in [0.25, 0.3) is 12.2 Å². The first-order valence-electron chi connectivity index (χ1n) is 6.81. The van der Waals surface area contributed by atoms with Gasteiger partial charge in [0.05, 0.1) is 12.5 Å². The lowest BCUT2D eigenvalue weighted by molar-refractivity contribution is 0.905. The average Bonchev–Trinajstić information content (AvgIpc) is 2.52. The van der Waals surface area contributed by atoms with Crippen LogP contribution >= 0.6 is 22.6 Å². The molecule has 0 aliphatic rings. The summed E-state index contributed by atoms with van der Waals surface area (Å²) in [4.78, 5) is 2.09. The molecule has 3 heteroatoms. The van der Waals surface area contributed by atoms with E-state index in [1.807, 2.05) is 7.05 Å². The summed E-state index contributed by atoms with van der Waals surface area (Å²) >= 11 is 2.31. The molecule has 106 valence electrons. The minimum atomic E-state index is 0.547. The fraction of sp³-hybridized carbons (Fsp3) is 0.167. The first kappa shape index (κ1) is 15.6. The second-order valence-electron chi connectivity index (χ2n) is 4.81. The maximum Gasteiger partial charge on any atom is 0.0640 e. The third-order valence-electron chi connectivity index (χ3n) is 3.23. The lowest BCUT2D eigenvalue weighted by atomic mass is 10.1. The van der Waals surface area contributed by atoms with Gasteiger partial charge in [0.15, 0.2) is 0 Å². The number of nitriles is 1. The van der Waals surface area contributed by atoms with Crippen molar-refractivity contribution in [2.24, 2.45) is 0 Å². The minimum Gasteiger partial charge on any atom is -0.374 e. The third kappa shape index (κ3) is 4.91. The summed E-state index contributed by atoms with van der Waals surface area (Å²) in [6.07, 6.45) is 4.77. The van der Waals surface area contributed by atoms with Crippen LogP contribution in [0.5, 0.6) is 0 Å². The molecular weight excluding hydrogens is 371 g/mol. The van der Waals surface area contributed by atoms with E-state index >= 15 is 0 Å². The Morgan fingerprint density at radius 1 is 1.00 bits per heavy atom. The smallest absolute Gasteiger partial charge is 0.0640 e. The van der Waals surface area contributed by atoms with E-state index in [1.54, 1.807) is 0 Å². The molecule has 0 bridgehead atoms. The van der Waals surface area contributed by atoms with Crippen LogP contribution in [-0.2, 0) is 0 Å². The van der Waals surface area contributed by atoms with E-state index in [2.05, 4.69) is 94.2 Å². The molecule has 2 aromatic rings. The first-order valence-corrected chi connectivity index (χ1v) is 7.89. The molecule has 0 atom stereocenters. The van der Waals surface area contributed by atoms with Gasteiger partial charge in [-0.25, -0.2) is 0 Å². The summed E-state index contributed by atoms with van der Waals surface area (Å²) < 4.78 is 1.24. The van der Waals surface area contributed by atoms with Crippen molar-refractivity contribution in [1.82, 2.24) is 0 Å². The van der Waals surface area contributed by atoms with Gasteiger partial charge in [0.25, 0.3) is 0 Å². The Balaban J connectivity index is 2.02. The molecule has 0 aromatic heterocycles. The Bertz CT molecular complexity index is 636. The van der Waals surface area contributed by atoms with Crippen LogP contribution in [0.1, 0.15) is 17.5 Å². The van der Waals surface area contributed by atoms with Crippen molar-refractivity contribution < 1.29 is 0 Å². The number of rotatable bonds is 5. The van der Waals surface area contributed by atoms with Gasteiger partial charge in [-0.3, -0.25) is 0 Å². The molecule has 0 fully saturated rings. The fourth-order valence-electron chi connectivity index (χ4n) is 1.95. The molecule has 0 heterocycles. The second kappa shape index (κ2) is 7.84. The van der Waals surface area contributed by atoms with Crippen molar-refractivity contribution in [1.29, 1.82) is 5.26 Å². The molecule has 0 aliphatic carbocycles. The van der Waals surface area contributed by atoms with Crippen molar-refractivity contribution in [3.63, 3.8) is 0 Å². The van der Waals surface area contributed by atoms with Gasteiger partial charge in [0, 0.05) is 22.8 Å². The van der Waals surface area contributed by atoms with Gasteiger partial charge >= 0.3 is 0 Å². The van der Waals surface area contributed by atoms with E-state index in [0.29, 0.717) is 6.42 Å². The van der Waals surface area contributed by atoms with Crippen molar-refractivity contribution in [3.8, 4) is 6.07 Å². The molecule has 0 unspecified atom stereocenters. The van der Waals surface area contributed by atoms with Crippen LogP contribution < -0.4 is 4.90 Å². The summed E-state index contributed by atoms with van der Waals surface area (Å²) in [7, 11) is 2.01. The third-order valence-corrected chi connectivity index (χ3v) is 3.95. The summed E-state index contributed by atoms with van der Waals surface area (Å²) in [6, 6.07) is 19.0. The molecule has 21 heavy (non-hydrogen) atoms. The van der Waals surface area contributed by atoms with Gasteiger partial charge in [0.1, 0.15) is 0 Å². The zero-order valence-electron chi connectivity index (χ0n) is 12.0. The molecule has 0 amide bonds. The van der Waals surface area contributed by atoms with Crippen LogP contribution in [-0.4, -0.2) is 13.6 Å². The van der Waals surface area contributed by atoms with E-state index in [-0.39, 0.29) is 0 Å². The summed E-state index contributed by atoms with van der Waals surface area (Å²) in [5, 5.41) is 8.62. The van der Waals surface area contributed by atoms with Crippen molar-refractivity contribution in [2.75, 3.05) is 18.5 Å². The number of halogens is 1. The summed E-state index contributed by atoms with van der Waals surface area (Å²) in [5.74, 6) is 0. The largest absolute Gasteiger partial charge is 0.374 e.